The zero-order valence-electron chi connectivity index (χ0n) is 14.2. The number of benzene rings is 1. The number of nitrogens with zero attached hydrogens (tertiary/aromatic N) is 2. The first-order valence-electron chi connectivity index (χ1n) is 8.88. The normalized spacial score (nSPS) is 30.6. The lowest BCUT2D eigenvalue weighted by Gasteiger charge is -2.50. The van der Waals surface area contributed by atoms with Gasteiger partial charge in [0.05, 0.1) is 5.92 Å². The molecule has 0 aromatic heterocycles. The summed E-state index contributed by atoms with van der Waals surface area (Å²) in [4.78, 5) is 30.3. The molecule has 2 atom stereocenters. The van der Waals surface area contributed by atoms with E-state index in [1.54, 1.807) is 0 Å². The third-order valence-corrected chi connectivity index (χ3v) is 7.02. The van der Waals surface area contributed by atoms with Crippen LogP contribution in [0.15, 0.2) is 24.3 Å². The van der Waals surface area contributed by atoms with Crippen molar-refractivity contribution in [2.75, 3.05) is 31.1 Å². The summed E-state index contributed by atoms with van der Waals surface area (Å²) in [6.45, 7) is 5.14. The predicted molar refractivity (Wildman–Crippen MR) is 96.4 cm³/mol. The number of ketones is 1. The fraction of sp³-hybridized carbons (Fsp3) is 0.579. The molecule has 0 saturated carbocycles. The Labute approximate surface area is 147 Å². The standard InChI is InChI=1S/C19H24N2O2S/c1-19(20-8-4-5-9-20)13-24-11-10-21(19)18(23)16-12-17(22)15-7-3-2-6-14(15)16/h2-3,6-7,16H,4-5,8-13H2,1H3. The predicted octanol–water partition coefficient (Wildman–Crippen LogP) is 2.74. The van der Waals surface area contributed by atoms with Crippen LogP contribution in [0, 0.1) is 0 Å². The Morgan fingerprint density at radius 1 is 1.21 bits per heavy atom. The summed E-state index contributed by atoms with van der Waals surface area (Å²) in [5.74, 6) is 1.90. The van der Waals surface area contributed by atoms with Crippen molar-refractivity contribution < 1.29 is 9.59 Å². The smallest absolute Gasteiger partial charge is 0.232 e. The second-order valence-electron chi connectivity index (χ2n) is 7.22. The van der Waals surface area contributed by atoms with Gasteiger partial charge in [0.25, 0.3) is 0 Å². The van der Waals surface area contributed by atoms with E-state index in [9.17, 15) is 9.59 Å². The van der Waals surface area contributed by atoms with Gasteiger partial charge in [-0.2, -0.15) is 11.8 Å². The monoisotopic (exact) mass is 344 g/mol. The molecule has 24 heavy (non-hydrogen) atoms. The number of amides is 1. The van der Waals surface area contributed by atoms with Gasteiger partial charge in [-0.05, 0) is 25.3 Å². The van der Waals surface area contributed by atoms with Crippen LogP contribution in [0.2, 0.25) is 0 Å². The average molecular weight is 344 g/mol. The zero-order chi connectivity index (χ0) is 16.7. The van der Waals surface area contributed by atoms with E-state index in [4.69, 9.17) is 0 Å². The molecule has 1 aliphatic carbocycles. The maximum Gasteiger partial charge on any atom is 0.232 e. The van der Waals surface area contributed by atoms with E-state index in [2.05, 4.69) is 16.7 Å². The SMILES string of the molecule is CC1(N2CCCC2)CSCCN1C(=O)C1CC(=O)c2ccccc21. The van der Waals surface area contributed by atoms with E-state index in [0.717, 1.165) is 42.3 Å². The zero-order valence-corrected chi connectivity index (χ0v) is 15.0. The molecule has 4 nitrogen and oxygen atoms in total. The van der Waals surface area contributed by atoms with Crippen molar-refractivity contribution >= 4 is 23.5 Å². The van der Waals surface area contributed by atoms with Crippen LogP contribution in [-0.4, -0.2) is 58.3 Å². The third kappa shape index (κ3) is 2.49. The molecule has 128 valence electrons. The van der Waals surface area contributed by atoms with E-state index >= 15 is 0 Å². The first kappa shape index (κ1) is 16.2. The minimum atomic E-state index is -0.293. The maximum absolute atomic E-state index is 13.4. The van der Waals surface area contributed by atoms with E-state index in [0.29, 0.717) is 6.42 Å². The van der Waals surface area contributed by atoms with Crippen molar-refractivity contribution in [2.24, 2.45) is 0 Å². The van der Waals surface area contributed by atoms with Crippen LogP contribution in [0.4, 0.5) is 0 Å². The molecule has 2 heterocycles. The van der Waals surface area contributed by atoms with Crippen LogP contribution in [0.5, 0.6) is 0 Å². The number of rotatable bonds is 2. The number of hydrogen-bond acceptors (Lipinski definition) is 4. The lowest BCUT2D eigenvalue weighted by atomic mass is 9.97. The summed E-state index contributed by atoms with van der Waals surface area (Å²) in [6.07, 6.45) is 2.76. The van der Waals surface area contributed by atoms with E-state index in [-0.39, 0.29) is 23.3 Å². The van der Waals surface area contributed by atoms with Gasteiger partial charge < -0.3 is 4.90 Å². The molecule has 0 bridgehead atoms. The molecule has 0 N–H and O–H groups in total. The number of carbonyl (C=O) groups excluding carboxylic acids is 2. The van der Waals surface area contributed by atoms with Crippen LogP contribution >= 0.6 is 11.8 Å². The molecular weight excluding hydrogens is 320 g/mol. The molecule has 1 amide bonds. The Hall–Kier alpha value is -1.33. The molecule has 5 heteroatoms. The van der Waals surface area contributed by atoms with Gasteiger partial charge in [0, 0.05) is 43.1 Å². The lowest BCUT2D eigenvalue weighted by Crippen LogP contribution is -2.64. The molecule has 1 aromatic carbocycles. The number of hydrogen-bond donors (Lipinski definition) is 0. The molecule has 1 aromatic rings. The Bertz CT molecular complexity index is 671. The molecule has 3 aliphatic rings. The molecule has 2 saturated heterocycles. The van der Waals surface area contributed by atoms with Gasteiger partial charge in [-0.3, -0.25) is 14.5 Å². The molecule has 4 rings (SSSR count). The Kier molecular flexibility index (Phi) is 4.17. The summed E-state index contributed by atoms with van der Waals surface area (Å²) in [6, 6.07) is 7.63. The summed E-state index contributed by atoms with van der Waals surface area (Å²) in [7, 11) is 0. The highest BCUT2D eigenvalue weighted by Gasteiger charge is 2.47. The number of fused-ring (bicyclic) bond motifs is 1. The van der Waals surface area contributed by atoms with Crippen LogP contribution in [0.1, 0.15) is 48.0 Å². The Morgan fingerprint density at radius 2 is 1.96 bits per heavy atom. The number of carbonyl (C=O) groups is 2. The molecule has 2 aliphatic heterocycles. The molecule has 0 radical (unpaired) electrons. The summed E-state index contributed by atoms with van der Waals surface area (Å²) >= 11 is 1.94. The fourth-order valence-electron chi connectivity index (χ4n) is 4.42. The van der Waals surface area contributed by atoms with Crippen LogP contribution in [0.3, 0.4) is 0 Å². The Balaban J connectivity index is 1.64. The molecular formula is C19H24N2O2S. The van der Waals surface area contributed by atoms with Crippen molar-refractivity contribution in [2.45, 2.75) is 37.8 Å². The molecule has 0 spiro atoms. The van der Waals surface area contributed by atoms with E-state index in [1.165, 1.54) is 12.8 Å². The van der Waals surface area contributed by atoms with Crippen LogP contribution in [-0.2, 0) is 4.79 Å². The number of likely N-dealkylation sites (tertiary alicyclic amines) is 1. The highest BCUT2D eigenvalue weighted by Crippen LogP contribution is 2.39. The minimum Gasteiger partial charge on any atom is -0.322 e. The number of thioether (sulfide) groups is 1. The van der Waals surface area contributed by atoms with Crippen molar-refractivity contribution in [3.05, 3.63) is 35.4 Å². The average Bonchev–Trinajstić information content (AvgIpc) is 3.24. The largest absolute Gasteiger partial charge is 0.322 e. The summed E-state index contributed by atoms with van der Waals surface area (Å²) in [5, 5.41) is 0. The molecule has 2 fully saturated rings. The first-order valence-corrected chi connectivity index (χ1v) is 10.0. The van der Waals surface area contributed by atoms with Crippen molar-refractivity contribution in [3.63, 3.8) is 0 Å². The highest BCUT2D eigenvalue weighted by molar-refractivity contribution is 7.99. The maximum atomic E-state index is 13.4. The fourth-order valence-corrected chi connectivity index (χ4v) is 5.60. The highest BCUT2D eigenvalue weighted by atomic mass is 32.2. The van der Waals surface area contributed by atoms with Gasteiger partial charge in [0.2, 0.25) is 5.91 Å². The van der Waals surface area contributed by atoms with Crippen molar-refractivity contribution in [1.82, 2.24) is 9.80 Å². The van der Waals surface area contributed by atoms with Gasteiger partial charge in [0.1, 0.15) is 5.66 Å². The van der Waals surface area contributed by atoms with Crippen LogP contribution in [0.25, 0.3) is 0 Å². The van der Waals surface area contributed by atoms with Crippen LogP contribution < -0.4 is 0 Å². The van der Waals surface area contributed by atoms with Gasteiger partial charge in [0.15, 0.2) is 5.78 Å². The van der Waals surface area contributed by atoms with E-state index in [1.807, 2.05) is 36.0 Å². The minimum absolute atomic E-state index is 0.109. The molecule has 2 unspecified atom stereocenters. The summed E-state index contributed by atoms with van der Waals surface area (Å²) in [5.41, 5.74) is 1.46. The quantitative estimate of drug-likeness (QED) is 0.827. The van der Waals surface area contributed by atoms with Gasteiger partial charge in [-0.25, -0.2) is 0 Å². The third-order valence-electron chi connectivity index (χ3n) is 5.79. The Morgan fingerprint density at radius 3 is 2.75 bits per heavy atom. The topological polar surface area (TPSA) is 40.6 Å². The van der Waals surface area contributed by atoms with Crippen molar-refractivity contribution in [3.8, 4) is 0 Å². The summed E-state index contributed by atoms with van der Waals surface area (Å²) < 4.78 is 0. The van der Waals surface area contributed by atoms with Gasteiger partial charge in [-0.15, -0.1) is 0 Å². The second-order valence-corrected chi connectivity index (χ2v) is 8.33. The van der Waals surface area contributed by atoms with E-state index < -0.39 is 0 Å². The van der Waals surface area contributed by atoms with Gasteiger partial charge >= 0.3 is 0 Å². The van der Waals surface area contributed by atoms with Crippen molar-refractivity contribution in [1.29, 1.82) is 0 Å². The first-order chi connectivity index (χ1) is 11.6. The second kappa shape index (κ2) is 6.19. The lowest BCUT2D eigenvalue weighted by molar-refractivity contribution is -0.145. The number of Topliss-reactive ketones (excluding diaryl/α,β-unsaturated/α-hetero) is 1. The van der Waals surface area contributed by atoms with Gasteiger partial charge in [-0.1, -0.05) is 24.3 Å².